The van der Waals surface area contributed by atoms with E-state index < -0.39 is 10.0 Å². The smallest absolute Gasteiger partial charge is 0.246 e. The zero-order valence-electron chi connectivity index (χ0n) is 10.6. The highest BCUT2D eigenvalue weighted by molar-refractivity contribution is 9.10. The third-order valence-corrected chi connectivity index (χ3v) is 5.43. The highest BCUT2D eigenvalue weighted by Crippen LogP contribution is 2.25. The topological polar surface area (TPSA) is 79.4 Å². The fourth-order valence-corrected chi connectivity index (χ4v) is 3.58. The Hall–Kier alpha value is -0.700. The molecule has 1 aliphatic rings. The molecule has 1 aromatic heterocycles. The maximum atomic E-state index is 12.3. The normalized spacial score (nSPS) is 15.4. The lowest BCUT2D eigenvalue weighted by atomic mass is 10.5. The van der Waals surface area contributed by atoms with Crippen LogP contribution in [0.25, 0.3) is 0 Å². The second-order valence-electron chi connectivity index (χ2n) is 4.55. The number of hydrogen-bond donors (Lipinski definition) is 1. The van der Waals surface area contributed by atoms with Gasteiger partial charge in [-0.05, 0) is 34.8 Å². The van der Waals surface area contributed by atoms with Crippen molar-refractivity contribution in [2.75, 3.05) is 13.6 Å². The van der Waals surface area contributed by atoms with E-state index in [-0.39, 0.29) is 28.5 Å². The lowest BCUT2D eigenvalue weighted by Gasteiger charge is -2.17. The molecule has 0 aromatic carbocycles. The summed E-state index contributed by atoms with van der Waals surface area (Å²) in [4.78, 5) is 15.3. The van der Waals surface area contributed by atoms with Gasteiger partial charge in [0.1, 0.15) is 10.0 Å². The van der Waals surface area contributed by atoms with Gasteiger partial charge in [0.25, 0.3) is 0 Å². The summed E-state index contributed by atoms with van der Waals surface area (Å²) < 4.78 is 26.1. The van der Waals surface area contributed by atoms with Crippen molar-refractivity contribution in [2.45, 2.75) is 23.8 Å². The Morgan fingerprint density at radius 3 is 2.85 bits per heavy atom. The highest BCUT2D eigenvalue weighted by Gasteiger charge is 2.29. The molecule has 2 rings (SSSR count). The maximum absolute atomic E-state index is 12.3. The molecule has 1 aliphatic carbocycles. The number of sulfonamides is 1. The summed E-state index contributed by atoms with van der Waals surface area (Å²) in [6, 6.07) is 1.55. The van der Waals surface area contributed by atoms with E-state index in [0.29, 0.717) is 4.47 Å². The van der Waals surface area contributed by atoms with Crippen molar-refractivity contribution in [3.63, 3.8) is 0 Å². The quantitative estimate of drug-likeness (QED) is 0.781. The molecular weight excluding hydrogens is 370 g/mol. The van der Waals surface area contributed by atoms with Crippen LogP contribution in [0.3, 0.4) is 0 Å². The van der Waals surface area contributed by atoms with Crippen LogP contribution in [0, 0.1) is 0 Å². The van der Waals surface area contributed by atoms with Crippen molar-refractivity contribution in [3.05, 3.63) is 21.9 Å². The Morgan fingerprint density at radius 1 is 1.60 bits per heavy atom. The zero-order chi connectivity index (χ0) is 14.9. The van der Waals surface area contributed by atoms with Gasteiger partial charge in [-0.2, -0.15) is 4.31 Å². The van der Waals surface area contributed by atoms with E-state index in [1.54, 1.807) is 0 Å². The highest BCUT2D eigenvalue weighted by atomic mass is 79.9. The van der Waals surface area contributed by atoms with Gasteiger partial charge >= 0.3 is 0 Å². The predicted octanol–water partition coefficient (Wildman–Crippen LogP) is 1.40. The molecule has 0 atom stereocenters. The molecule has 0 unspecified atom stereocenters. The summed E-state index contributed by atoms with van der Waals surface area (Å²) in [5.41, 5.74) is 0. The van der Waals surface area contributed by atoms with E-state index in [4.69, 9.17) is 11.6 Å². The minimum Gasteiger partial charge on any atom is -0.352 e. The third kappa shape index (κ3) is 3.69. The van der Waals surface area contributed by atoms with Crippen molar-refractivity contribution < 1.29 is 13.2 Å². The summed E-state index contributed by atoms with van der Waals surface area (Å²) >= 11 is 8.96. The number of likely N-dealkylation sites (N-methyl/N-ethyl adjacent to an activating group) is 1. The summed E-state index contributed by atoms with van der Waals surface area (Å²) in [5, 5.41) is 2.61. The van der Waals surface area contributed by atoms with Crippen LogP contribution in [0.1, 0.15) is 12.8 Å². The number of carbonyl (C=O) groups is 1. The number of pyridine rings is 1. The van der Waals surface area contributed by atoms with Crippen LogP contribution in [-0.2, 0) is 14.8 Å². The maximum Gasteiger partial charge on any atom is 0.246 e. The SMILES string of the molecule is CN(CC(=O)NC1CC1)S(=O)(=O)c1cc(Br)cnc1Cl. The van der Waals surface area contributed by atoms with Gasteiger partial charge in [0.2, 0.25) is 15.9 Å². The first-order valence-electron chi connectivity index (χ1n) is 5.87. The molecule has 1 aromatic rings. The molecule has 20 heavy (non-hydrogen) atoms. The van der Waals surface area contributed by atoms with Crippen LogP contribution in [0.15, 0.2) is 21.6 Å². The molecule has 9 heteroatoms. The fourth-order valence-electron chi connectivity index (χ4n) is 1.54. The minimum atomic E-state index is -3.85. The molecule has 1 heterocycles. The van der Waals surface area contributed by atoms with Gasteiger partial charge in [-0.15, -0.1) is 0 Å². The zero-order valence-corrected chi connectivity index (χ0v) is 13.8. The Balaban J connectivity index is 2.15. The van der Waals surface area contributed by atoms with Crippen LogP contribution in [-0.4, -0.2) is 43.2 Å². The Kier molecular flexibility index (Phi) is 4.68. The molecule has 0 aliphatic heterocycles. The first kappa shape index (κ1) is 15.7. The molecule has 0 saturated heterocycles. The monoisotopic (exact) mass is 381 g/mol. The largest absolute Gasteiger partial charge is 0.352 e. The third-order valence-electron chi connectivity index (χ3n) is 2.77. The molecule has 110 valence electrons. The van der Waals surface area contributed by atoms with Crippen LogP contribution in [0.5, 0.6) is 0 Å². The van der Waals surface area contributed by atoms with Gasteiger partial charge in [-0.3, -0.25) is 4.79 Å². The molecule has 6 nitrogen and oxygen atoms in total. The van der Waals surface area contributed by atoms with Crippen LogP contribution < -0.4 is 5.32 Å². The number of aromatic nitrogens is 1. The van der Waals surface area contributed by atoms with Crippen molar-refractivity contribution in [1.82, 2.24) is 14.6 Å². The van der Waals surface area contributed by atoms with Crippen molar-refractivity contribution in [3.8, 4) is 0 Å². The molecule has 0 bridgehead atoms. The van der Waals surface area contributed by atoms with Crippen LogP contribution in [0.2, 0.25) is 5.15 Å². The second-order valence-corrected chi connectivity index (χ2v) is 7.83. The van der Waals surface area contributed by atoms with Crippen molar-refractivity contribution in [2.24, 2.45) is 0 Å². The van der Waals surface area contributed by atoms with Crippen molar-refractivity contribution in [1.29, 1.82) is 0 Å². The van der Waals surface area contributed by atoms with Gasteiger partial charge in [0.05, 0.1) is 6.54 Å². The molecular formula is C11H13BrClN3O3S. The summed E-state index contributed by atoms with van der Waals surface area (Å²) in [7, 11) is -2.52. The molecule has 1 fully saturated rings. The Bertz CT molecular complexity index is 634. The predicted molar refractivity (Wildman–Crippen MR) is 77.9 cm³/mol. The lowest BCUT2D eigenvalue weighted by Crippen LogP contribution is -2.39. The van der Waals surface area contributed by atoms with E-state index in [0.717, 1.165) is 17.1 Å². The van der Waals surface area contributed by atoms with Gasteiger partial charge in [-0.25, -0.2) is 13.4 Å². The molecule has 1 N–H and O–H groups in total. The van der Waals surface area contributed by atoms with E-state index in [1.165, 1.54) is 19.3 Å². The van der Waals surface area contributed by atoms with Crippen LogP contribution in [0.4, 0.5) is 0 Å². The molecule has 0 spiro atoms. The first-order valence-corrected chi connectivity index (χ1v) is 8.48. The Labute approximate surface area is 130 Å². The van der Waals surface area contributed by atoms with Gasteiger partial charge < -0.3 is 5.32 Å². The van der Waals surface area contributed by atoms with Gasteiger partial charge in [-0.1, -0.05) is 11.6 Å². The van der Waals surface area contributed by atoms with E-state index in [1.807, 2.05) is 0 Å². The number of amides is 1. The Morgan fingerprint density at radius 2 is 2.25 bits per heavy atom. The van der Waals surface area contributed by atoms with E-state index in [2.05, 4.69) is 26.2 Å². The fraction of sp³-hybridized carbons (Fsp3) is 0.455. The lowest BCUT2D eigenvalue weighted by molar-refractivity contribution is -0.121. The first-order chi connectivity index (χ1) is 9.30. The molecule has 0 radical (unpaired) electrons. The average molecular weight is 383 g/mol. The van der Waals surface area contributed by atoms with Gasteiger partial charge in [0, 0.05) is 23.8 Å². The van der Waals surface area contributed by atoms with Gasteiger partial charge in [0.15, 0.2) is 0 Å². The van der Waals surface area contributed by atoms with E-state index >= 15 is 0 Å². The second kappa shape index (κ2) is 5.97. The summed E-state index contributed by atoms with van der Waals surface area (Å²) in [5.74, 6) is -0.322. The van der Waals surface area contributed by atoms with Crippen molar-refractivity contribution >= 4 is 43.5 Å². The number of nitrogens with one attached hydrogen (secondary N) is 1. The van der Waals surface area contributed by atoms with E-state index in [9.17, 15) is 13.2 Å². The number of carbonyl (C=O) groups excluding carboxylic acids is 1. The minimum absolute atomic E-state index is 0.123. The number of hydrogen-bond acceptors (Lipinski definition) is 4. The summed E-state index contributed by atoms with van der Waals surface area (Å²) in [6.07, 6.45) is 3.30. The number of halogens is 2. The molecule has 1 saturated carbocycles. The number of rotatable bonds is 5. The standard InChI is InChI=1S/C11H13BrClN3O3S/c1-16(6-10(17)15-8-2-3-8)20(18,19)9-4-7(12)5-14-11(9)13/h4-5,8H,2-3,6H2,1H3,(H,15,17). The average Bonchev–Trinajstić information content (AvgIpc) is 3.15. The molecule has 1 amide bonds. The number of nitrogens with zero attached hydrogens (tertiary/aromatic N) is 2. The summed E-state index contributed by atoms with van der Waals surface area (Å²) in [6.45, 7) is -0.248. The van der Waals surface area contributed by atoms with Crippen LogP contribution >= 0.6 is 27.5 Å².